The molecule has 1 fully saturated rings. The second-order valence-electron chi connectivity index (χ2n) is 4.46. The zero-order chi connectivity index (χ0) is 12.1. The molecule has 0 unspecified atom stereocenters. The third kappa shape index (κ3) is 3.27. The van der Waals surface area contributed by atoms with Gasteiger partial charge in [0.15, 0.2) is 0 Å². The largest absolute Gasteiger partial charge is 0.396 e. The van der Waals surface area contributed by atoms with Gasteiger partial charge >= 0.3 is 0 Å². The summed E-state index contributed by atoms with van der Waals surface area (Å²) in [5, 5.41) is 11.9. The van der Waals surface area contributed by atoms with E-state index in [2.05, 4.69) is 10.3 Å². The van der Waals surface area contributed by atoms with Gasteiger partial charge in [-0.25, -0.2) is 0 Å². The second kappa shape index (κ2) is 5.77. The molecule has 1 aromatic heterocycles. The number of carbonyl (C=O) groups excluding carboxylic acids is 1. The third-order valence-corrected chi connectivity index (χ3v) is 3.14. The summed E-state index contributed by atoms with van der Waals surface area (Å²) in [6, 6.07) is 3.79. The van der Waals surface area contributed by atoms with E-state index >= 15 is 0 Å². The number of aromatic nitrogens is 1. The van der Waals surface area contributed by atoms with Crippen LogP contribution in [0.4, 0.5) is 0 Å². The van der Waals surface area contributed by atoms with Crippen LogP contribution in [0.2, 0.25) is 0 Å². The first-order valence-corrected chi connectivity index (χ1v) is 6.16. The minimum atomic E-state index is -0.0292. The van der Waals surface area contributed by atoms with E-state index in [0.717, 1.165) is 18.5 Å². The Morgan fingerprint density at radius 1 is 1.47 bits per heavy atom. The maximum Gasteiger partial charge on any atom is 0.251 e. The molecule has 0 saturated heterocycles. The highest BCUT2D eigenvalue weighted by molar-refractivity contribution is 5.94. The summed E-state index contributed by atoms with van der Waals surface area (Å²) in [4.78, 5) is 16.1. The van der Waals surface area contributed by atoms with Crippen LogP contribution >= 0.6 is 0 Å². The van der Waals surface area contributed by atoms with Crippen molar-refractivity contribution in [2.24, 2.45) is 0 Å². The number of nitrogens with one attached hydrogen (secondary N) is 1. The number of carbonyl (C=O) groups is 1. The van der Waals surface area contributed by atoms with Crippen LogP contribution in [-0.2, 0) is 6.42 Å². The summed E-state index contributed by atoms with van der Waals surface area (Å²) in [6.07, 6.45) is 6.69. The standard InChI is InChI=1S/C13H18N2O2/c16-8-6-12-9-10(5-7-14-12)13(17)15-11-3-1-2-4-11/h5,7,9,11,16H,1-4,6,8H2,(H,15,17). The van der Waals surface area contributed by atoms with Gasteiger partial charge in [0.2, 0.25) is 0 Å². The highest BCUT2D eigenvalue weighted by Crippen LogP contribution is 2.18. The Labute approximate surface area is 101 Å². The minimum Gasteiger partial charge on any atom is -0.396 e. The van der Waals surface area contributed by atoms with Crippen molar-refractivity contribution in [1.82, 2.24) is 10.3 Å². The predicted octanol–water partition coefficient (Wildman–Crippen LogP) is 1.29. The highest BCUT2D eigenvalue weighted by atomic mass is 16.3. The maximum absolute atomic E-state index is 12.0. The monoisotopic (exact) mass is 234 g/mol. The number of amides is 1. The van der Waals surface area contributed by atoms with Gasteiger partial charge in [-0.05, 0) is 25.0 Å². The molecule has 1 saturated carbocycles. The van der Waals surface area contributed by atoms with E-state index in [0.29, 0.717) is 18.0 Å². The molecule has 0 spiro atoms. The number of aliphatic hydroxyl groups is 1. The van der Waals surface area contributed by atoms with Crippen molar-refractivity contribution in [1.29, 1.82) is 0 Å². The number of hydrogen-bond acceptors (Lipinski definition) is 3. The molecule has 92 valence electrons. The second-order valence-corrected chi connectivity index (χ2v) is 4.46. The molecule has 1 heterocycles. The summed E-state index contributed by atoms with van der Waals surface area (Å²) in [5.41, 5.74) is 1.39. The molecule has 0 atom stereocenters. The molecule has 0 bridgehead atoms. The summed E-state index contributed by atoms with van der Waals surface area (Å²) in [6.45, 7) is 0.0562. The zero-order valence-electron chi connectivity index (χ0n) is 9.85. The number of hydrogen-bond donors (Lipinski definition) is 2. The molecule has 0 aliphatic heterocycles. The van der Waals surface area contributed by atoms with Gasteiger partial charge in [-0.1, -0.05) is 12.8 Å². The maximum atomic E-state index is 12.0. The van der Waals surface area contributed by atoms with Crippen LogP contribution < -0.4 is 5.32 Å². The van der Waals surface area contributed by atoms with E-state index in [-0.39, 0.29) is 12.5 Å². The zero-order valence-corrected chi connectivity index (χ0v) is 9.85. The van der Waals surface area contributed by atoms with Crippen LogP contribution in [0.1, 0.15) is 41.7 Å². The Bertz CT molecular complexity index is 387. The number of aliphatic hydroxyl groups excluding tert-OH is 1. The molecule has 1 amide bonds. The van der Waals surface area contributed by atoms with Crippen LogP contribution in [0.5, 0.6) is 0 Å². The molecule has 2 rings (SSSR count). The van der Waals surface area contributed by atoms with Crippen molar-refractivity contribution >= 4 is 5.91 Å². The molecule has 0 radical (unpaired) electrons. The minimum absolute atomic E-state index is 0.0292. The average Bonchev–Trinajstić information content (AvgIpc) is 2.83. The number of rotatable bonds is 4. The van der Waals surface area contributed by atoms with E-state index in [1.807, 2.05) is 0 Å². The van der Waals surface area contributed by atoms with Crippen LogP contribution in [-0.4, -0.2) is 28.6 Å². The first kappa shape index (κ1) is 12.0. The van der Waals surface area contributed by atoms with Crippen molar-refractivity contribution < 1.29 is 9.90 Å². The van der Waals surface area contributed by atoms with Crippen molar-refractivity contribution in [2.75, 3.05) is 6.61 Å². The fourth-order valence-corrected chi connectivity index (χ4v) is 2.21. The molecule has 4 heteroatoms. The summed E-state index contributed by atoms with van der Waals surface area (Å²) < 4.78 is 0. The van der Waals surface area contributed by atoms with E-state index in [1.54, 1.807) is 18.3 Å². The quantitative estimate of drug-likeness (QED) is 0.825. The van der Waals surface area contributed by atoms with Crippen LogP contribution in [0.3, 0.4) is 0 Å². The van der Waals surface area contributed by atoms with E-state index < -0.39 is 0 Å². The van der Waals surface area contributed by atoms with Crippen molar-refractivity contribution in [3.05, 3.63) is 29.6 Å². The normalized spacial score (nSPS) is 16.1. The third-order valence-electron chi connectivity index (χ3n) is 3.14. The lowest BCUT2D eigenvalue weighted by atomic mass is 10.1. The first-order valence-electron chi connectivity index (χ1n) is 6.16. The lowest BCUT2D eigenvalue weighted by Gasteiger charge is -2.12. The van der Waals surface area contributed by atoms with Gasteiger partial charge in [0, 0.05) is 36.5 Å². The molecule has 2 N–H and O–H groups in total. The average molecular weight is 234 g/mol. The molecule has 1 aliphatic rings. The molecule has 4 nitrogen and oxygen atoms in total. The first-order chi connectivity index (χ1) is 8.29. The molecule has 17 heavy (non-hydrogen) atoms. The molecule has 1 aromatic rings. The van der Waals surface area contributed by atoms with E-state index in [1.165, 1.54) is 12.8 Å². The van der Waals surface area contributed by atoms with E-state index in [9.17, 15) is 4.79 Å². The Hall–Kier alpha value is -1.42. The molecule has 1 aliphatic carbocycles. The Morgan fingerprint density at radius 3 is 2.94 bits per heavy atom. The van der Waals surface area contributed by atoms with Gasteiger partial charge in [0.25, 0.3) is 5.91 Å². The number of nitrogens with zero attached hydrogens (tertiary/aromatic N) is 1. The fraction of sp³-hybridized carbons (Fsp3) is 0.538. The smallest absolute Gasteiger partial charge is 0.251 e. The van der Waals surface area contributed by atoms with E-state index in [4.69, 9.17) is 5.11 Å². The Kier molecular flexibility index (Phi) is 4.09. The summed E-state index contributed by atoms with van der Waals surface area (Å²) in [7, 11) is 0. The molecular weight excluding hydrogens is 216 g/mol. The highest BCUT2D eigenvalue weighted by Gasteiger charge is 2.17. The molecular formula is C13H18N2O2. The summed E-state index contributed by atoms with van der Waals surface area (Å²) >= 11 is 0. The lowest BCUT2D eigenvalue weighted by Crippen LogP contribution is -2.32. The lowest BCUT2D eigenvalue weighted by molar-refractivity contribution is 0.0937. The predicted molar refractivity (Wildman–Crippen MR) is 64.7 cm³/mol. The Balaban J connectivity index is 1.99. The van der Waals surface area contributed by atoms with Gasteiger partial charge in [0.1, 0.15) is 0 Å². The Morgan fingerprint density at radius 2 is 2.24 bits per heavy atom. The molecule has 0 aromatic carbocycles. The number of pyridine rings is 1. The van der Waals surface area contributed by atoms with Crippen molar-refractivity contribution in [3.8, 4) is 0 Å². The van der Waals surface area contributed by atoms with Crippen LogP contribution in [0.15, 0.2) is 18.3 Å². The van der Waals surface area contributed by atoms with Crippen LogP contribution in [0.25, 0.3) is 0 Å². The fourth-order valence-electron chi connectivity index (χ4n) is 2.21. The van der Waals surface area contributed by atoms with Crippen molar-refractivity contribution in [3.63, 3.8) is 0 Å². The van der Waals surface area contributed by atoms with Gasteiger partial charge in [-0.3, -0.25) is 9.78 Å². The van der Waals surface area contributed by atoms with Gasteiger partial charge in [-0.2, -0.15) is 0 Å². The topological polar surface area (TPSA) is 62.2 Å². The van der Waals surface area contributed by atoms with Gasteiger partial charge in [0.05, 0.1) is 0 Å². The SMILES string of the molecule is O=C(NC1CCCC1)c1ccnc(CCO)c1. The van der Waals surface area contributed by atoms with Crippen molar-refractivity contribution in [2.45, 2.75) is 38.1 Å². The van der Waals surface area contributed by atoms with Gasteiger partial charge in [-0.15, -0.1) is 0 Å². The summed E-state index contributed by atoms with van der Waals surface area (Å²) in [5.74, 6) is -0.0292. The van der Waals surface area contributed by atoms with Gasteiger partial charge < -0.3 is 10.4 Å². The van der Waals surface area contributed by atoms with Crippen LogP contribution in [0, 0.1) is 0 Å².